The van der Waals surface area contributed by atoms with Gasteiger partial charge in [0.05, 0.1) is 0 Å². The number of rotatable bonds is 7. The van der Waals surface area contributed by atoms with Gasteiger partial charge in [0.15, 0.2) is 0 Å². The highest BCUT2D eigenvalue weighted by atomic mass is 19.1. The summed E-state index contributed by atoms with van der Waals surface area (Å²) in [7, 11) is 0. The fourth-order valence-electron chi connectivity index (χ4n) is 3.26. The molecule has 0 unspecified atom stereocenters. The summed E-state index contributed by atoms with van der Waals surface area (Å²) < 4.78 is 19.1. The lowest BCUT2D eigenvalue weighted by Gasteiger charge is -2.38. The topological polar surface area (TPSA) is 75.6 Å². The van der Waals surface area contributed by atoms with E-state index in [1.54, 1.807) is 6.07 Å². The van der Waals surface area contributed by atoms with Crippen LogP contribution in [0.25, 0.3) is 0 Å². The van der Waals surface area contributed by atoms with Gasteiger partial charge in [-0.1, -0.05) is 13.0 Å². The van der Waals surface area contributed by atoms with E-state index in [-0.39, 0.29) is 5.75 Å². The number of halogens is 1. The van der Waals surface area contributed by atoms with E-state index < -0.39 is 17.4 Å². The van der Waals surface area contributed by atoms with Crippen molar-refractivity contribution in [3.05, 3.63) is 53.9 Å². The summed E-state index contributed by atoms with van der Waals surface area (Å²) in [5.41, 5.74) is -0.324. The van der Waals surface area contributed by atoms with E-state index in [4.69, 9.17) is 4.74 Å². The van der Waals surface area contributed by atoms with Crippen molar-refractivity contribution in [2.75, 3.05) is 13.1 Å². The van der Waals surface area contributed by atoms with Crippen molar-refractivity contribution in [1.82, 2.24) is 14.9 Å². The molecule has 1 aliphatic rings. The highest BCUT2D eigenvalue weighted by Crippen LogP contribution is 2.30. The Morgan fingerprint density at radius 2 is 2.00 bits per heavy atom. The van der Waals surface area contributed by atoms with Gasteiger partial charge >= 0.3 is 5.97 Å². The molecule has 0 bridgehead atoms. The van der Waals surface area contributed by atoms with Crippen LogP contribution >= 0.6 is 0 Å². The third-order valence-corrected chi connectivity index (χ3v) is 4.80. The number of ether oxygens (including phenoxy) is 1. The number of aliphatic carboxylic acids is 1. The van der Waals surface area contributed by atoms with Crippen LogP contribution in [0.1, 0.15) is 37.6 Å². The molecular weight excluding hydrogens is 349 g/mol. The van der Waals surface area contributed by atoms with E-state index in [9.17, 15) is 14.3 Å². The van der Waals surface area contributed by atoms with E-state index in [1.165, 1.54) is 18.2 Å². The van der Waals surface area contributed by atoms with Gasteiger partial charge in [0.2, 0.25) is 5.60 Å². The average Bonchev–Trinajstić information content (AvgIpc) is 2.65. The second-order valence-corrected chi connectivity index (χ2v) is 6.89. The Hall–Kier alpha value is -2.54. The van der Waals surface area contributed by atoms with Crippen LogP contribution in [0.15, 0.2) is 36.7 Å². The van der Waals surface area contributed by atoms with Crippen LogP contribution < -0.4 is 4.74 Å². The molecule has 1 N–H and O–H groups in total. The summed E-state index contributed by atoms with van der Waals surface area (Å²) >= 11 is 0. The summed E-state index contributed by atoms with van der Waals surface area (Å²) in [4.78, 5) is 22.8. The Kier molecular flexibility index (Phi) is 6.01. The lowest BCUT2D eigenvalue weighted by Crippen LogP contribution is -2.53. The number of nitrogens with zero attached hydrogens (tertiary/aromatic N) is 3. The van der Waals surface area contributed by atoms with Crippen LogP contribution in [0.3, 0.4) is 0 Å². The minimum atomic E-state index is -1.33. The standard InChI is InChI=1S/C20H24FN3O3/c1-2-4-18-22-12-15(13-23-18)14-24-9-7-20(8-10-24,19(25)26)27-17-6-3-5-16(21)11-17/h3,5-6,11-13H,2,4,7-10,14H2,1H3,(H,25,26). The molecule has 3 rings (SSSR count). The van der Waals surface area contributed by atoms with Crippen molar-refractivity contribution in [3.63, 3.8) is 0 Å². The number of piperidine rings is 1. The molecule has 6 nitrogen and oxygen atoms in total. The quantitative estimate of drug-likeness (QED) is 0.804. The SMILES string of the molecule is CCCc1ncc(CN2CCC(Oc3cccc(F)c3)(C(=O)O)CC2)cn1. The molecular formula is C20H24FN3O3. The van der Waals surface area contributed by atoms with E-state index in [0.717, 1.165) is 24.2 Å². The van der Waals surface area contributed by atoms with Gasteiger partial charge in [0.25, 0.3) is 0 Å². The Labute approximate surface area is 158 Å². The second-order valence-electron chi connectivity index (χ2n) is 6.89. The number of hydrogen-bond donors (Lipinski definition) is 1. The molecule has 144 valence electrons. The number of carboxylic acid groups (broad SMARTS) is 1. The molecule has 0 saturated carbocycles. The van der Waals surface area contributed by atoms with Crippen LogP contribution in [-0.2, 0) is 17.8 Å². The number of aryl methyl sites for hydroxylation is 1. The molecule has 0 amide bonds. The fraction of sp³-hybridized carbons (Fsp3) is 0.450. The molecule has 0 atom stereocenters. The lowest BCUT2D eigenvalue weighted by molar-refractivity contribution is -0.159. The fourth-order valence-corrected chi connectivity index (χ4v) is 3.26. The van der Waals surface area contributed by atoms with Gasteiger partial charge in [-0.05, 0) is 18.6 Å². The summed E-state index contributed by atoms with van der Waals surface area (Å²) in [6, 6.07) is 5.61. The van der Waals surface area contributed by atoms with Crippen molar-refractivity contribution < 1.29 is 19.0 Å². The summed E-state index contributed by atoms with van der Waals surface area (Å²) in [5.74, 6) is -0.380. The van der Waals surface area contributed by atoms with Crippen molar-refractivity contribution >= 4 is 5.97 Å². The van der Waals surface area contributed by atoms with Crippen molar-refractivity contribution in [2.24, 2.45) is 0 Å². The Bertz CT molecular complexity index is 774. The van der Waals surface area contributed by atoms with Gasteiger partial charge in [0.1, 0.15) is 17.4 Å². The van der Waals surface area contributed by atoms with Gasteiger partial charge in [0, 0.05) is 62.9 Å². The Morgan fingerprint density at radius 1 is 1.30 bits per heavy atom. The average molecular weight is 373 g/mol. The molecule has 0 aliphatic carbocycles. The van der Waals surface area contributed by atoms with E-state index >= 15 is 0 Å². The van der Waals surface area contributed by atoms with Gasteiger partial charge in [-0.15, -0.1) is 0 Å². The summed E-state index contributed by atoms with van der Waals surface area (Å²) in [5, 5.41) is 9.72. The van der Waals surface area contributed by atoms with Crippen LogP contribution in [0.4, 0.5) is 4.39 Å². The lowest BCUT2D eigenvalue weighted by atomic mass is 9.91. The van der Waals surface area contributed by atoms with E-state index in [1.807, 2.05) is 12.4 Å². The van der Waals surface area contributed by atoms with Crippen LogP contribution in [0.2, 0.25) is 0 Å². The van der Waals surface area contributed by atoms with Gasteiger partial charge < -0.3 is 9.84 Å². The van der Waals surface area contributed by atoms with Gasteiger partial charge in [-0.25, -0.2) is 19.2 Å². The number of carboxylic acids is 1. The predicted molar refractivity (Wildman–Crippen MR) is 97.9 cm³/mol. The van der Waals surface area contributed by atoms with Crippen molar-refractivity contribution in [3.8, 4) is 5.75 Å². The monoisotopic (exact) mass is 373 g/mol. The number of carbonyl (C=O) groups is 1. The number of benzene rings is 1. The Balaban J connectivity index is 1.61. The maximum Gasteiger partial charge on any atom is 0.348 e. The highest BCUT2D eigenvalue weighted by molar-refractivity contribution is 5.78. The zero-order valence-corrected chi connectivity index (χ0v) is 15.4. The predicted octanol–water partition coefficient (Wildman–Crippen LogP) is 3.07. The first-order valence-electron chi connectivity index (χ1n) is 9.21. The van der Waals surface area contributed by atoms with Gasteiger partial charge in [-0.2, -0.15) is 0 Å². The third kappa shape index (κ3) is 4.80. The van der Waals surface area contributed by atoms with Crippen molar-refractivity contribution in [2.45, 2.75) is 44.8 Å². The minimum absolute atomic E-state index is 0.241. The highest BCUT2D eigenvalue weighted by Gasteiger charge is 2.44. The first-order valence-corrected chi connectivity index (χ1v) is 9.21. The molecule has 1 fully saturated rings. The Morgan fingerprint density at radius 3 is 2.59 bits per heavy atom. The molecule has 1 aliphatic heterocycles. The van der Waals surface area contributed by atoms with Crippen LogP contribution in [-0.4, -0.2) is 44.6 Å². The van der Waals surface area contributed by atoms with Crippen LogP contribution in [0, 0.1) is 5.82 Å². The number of likely N-dealkylation sites (tertiary alicyclic amines) is 1. The summed E-state index contributed by atoms with van der Waals surface area (Å²) in [6.45, 7) is 3.89. The molecule has 2 aromatic rings. The number of aromatic nitrogens is 2. The van der Waals surface area contributed by atoms with E-state index in [2.05, 4.69) is 21.8 Å². The molecule has 0 radical (unpaired) electrons. The molecule has 0 spiro atoms. The molecule has 27 heavy (non-hydrogen) atoms. The molecule has 7 heteroatoms. The zero-order valence-electron chi connectivity index (χ0n) is 15.4. The smallest absolute Gasteiger partial charge is 0.348 e. The normalized spacial score (nSPS) is 16.8. The zero-order chi connectivity index (χ0) is 19.3. The third-order valence-electron chi connectivity index (χ3n) is 4.80. The van der Waals surface area contributed by atoms with Crippen molar-refractivity contribution in [1.29, 1.82) is 0 Å². The molecule has 1 aromatic carbocycles. The molecule has 2 heterocycles. The summed E-state index contributed by atoms with van der Waals surface area (Å²) in [6.07, 6.45) is 6.19. The van der Waals surface area contributed by atoms with Gasteiger partial charge in [-0.3, -0.25) is 4.90 Å². The molecule has 1 aromatic heterocycles. The van der Waals surface area contributed by atoms with Crippen LogP contribution in [0.5, 0.6) is 5.75 Å². The van der Waals surface area contributed by atoms with E-state index in [0.29, 0.717) is 32.5 Å². The maximum atomic E-state index is 13.4. The second kappa shape index (κ2) is 8.43. The first kappa shape index (κ1) is 19.2. The molecule has 1 saturated heterocycles. The number of hydrogen-bond acceptors (Lipinski definition) is 5. The minimum Gasteiger partial charge on any atom is -0.478 e. The first-order chi connectivity index (χ1) is 13.0. The maximum absolute atomic E-state index is 13.4. The largest absolute Gasteiger partial charge is 0.478 e.